The Bertz CT molecular complexity index is 1260. The third-order valence-electron chi connectivity index (χ3n) is 4.44. The fraction of sp³-hybridized carbons (Fsp3) is 0.150. The maximum Gasteiger partial charge on any atom is 0.414 e. The van der Waals surface area contributed by atoms with E-state index in [4.69, 9.17) is 4.74 Å². The Morgan fingerprint density at radius 3 is 2.90 bits per heavy atom. The van der Waals surface area contributed by atoms with Gasteiger partial charge in [0.25, 0.3) is 0 Å². The number of imidazole rings is 1. The van der Waals surface area contributed by atoms with E-state index in [1.165, 1.54) is 10.6 Å². The first kappa shape index (κ1) is 20.0. The van der Waals surface area contributed by atoms with Gasteiger partial charge in [-0.1, -0.05) is 18.2 Å². The second kappa shape index (κ2) is 8.22. The molecule has 1 aromatic carbocycles. The Morgan fingerprint density at radius 1 is 1.33 bits per heavy atom. The highest BCUT2D eigenvalue weighted by Gasteiger charge is 2.16. The van der Waals surface area contributed by atoms with Crippen molar-refractivity contribution in [2.24, 2.45) is 7.05 Å². The molecule has 0 spiro atoms. The predicted octanol–water partition coefficient (Wildman–Crippen LogP) is 3.14. The van der Waals surface area contributed by atoms with Gasteiger partial charge in [0.2, 0.25) is 5.88 Å². The van der Waals surface area contributed by atoms with Crippen LogP contribution in [0.5, 0.6) is 5.88 Å². The topological polar surface area (TPSA) is 103 Å². The van der Waals surface area contributed by atoms with Crippen LogP contribution < -0.4 is 10.1 Å². The number of halogens is 1. The molecule has 0 atom stereocenters. The van der Waals surface area contributed by atoms with Crippen molar-refractivity contribution in [3.05, 3.63) is 63.2 Å². The van der Waals surface area contributed by atoms with Crippen molar-refractivity contribution in [2.75, 3.05) is 0 Å². The van der Waals surface area contributed by atoms with E-state index in [9.17, 15) is 9.59 Å². The summed E-state index contributed by atoms with van der Waals surface area (Å²) in [5.74, 6) is 0.955. The fourth-order valence-electron chi connectivity index (χ4n) is 2.99. The van der Waals surface area contributed by atoms with Gasteiger partial charge in [0.1, 0.15) is 11.5 Å². The van der Waals surface area contributed by atoms with Crippen molar-refractivity contribution >= 4 is 40.6 Å². The van der Waals surface area contributed by atoms with Crippen LogP contribution >= 0.6 is 22.6 Å². The van der Waals surface area contributed by atoms with Crippen LogP contribution in [0.3, 0.4) is 0 Å². The standard InChI is InChI=1S/C20H17IN6O3/c1-12-17(21)19-24-15(11-28)9-16(27(19)25-12)30-20(29)23-10-13-4-3-5-14(8-13)18-22-6-7-26(18)2/h3-9,11H,10H2,1-2H3,(H,23,29). The summed E-state index contributed by atoms with van der Waals surface area (Å²) in [5.41, 5.74) is 3.19. The van der Waals surface area contributed by atoms with E-state index in [0.29, 0.717) is 11.9 Å². The highest BCUT2D eigenvalue weighted by molar-refractivity contribution is 14.1. The van der Waals surface area contributed by atoms with Crippen LogP contribution in [0.4, 0.5) is 4.79 Å². The molecule has 0 aliphatic carbocycles. The summed E-state index contributed by atoms with van der Waals surface area (Å²) in [5, 5.41) is 7.04. The van der Waals surface area contributed by atoms with Crippen LogP contribution in [-0.2, 0) is 13.6 Å². The third kappa shape index (κ3) is 3.90. The van der Waals surface area contributed by atoms with Crippen molar-refractivity contribution in [1.29, 1.82) is 0 Å². The summed E-state index contributed by atoms with van der Waals surface area (Å²) in [6.07, 6.45) is 3.55. The number of hydrogen-bond acceptors (Lipinski definition) is 6. The Morgan fingerprint density at radius 2 is 2.17 bits per heavy atom. The minimum atomic E-state index is -0.662. The van der Waals surface area contributed by atoms with Crippen molar-refractivity contribution in [3.63, 3.8) is 0 Å². The number of carbonyl (C=O) groups excluding carboxylic acids is 2. The first-order valence-electron chi connectivity index (χ1n) is 8.99. The van der Waals surface area contributed by atoms with Crippen molar-refractivity contribution in [3.8, 4) is 17.3 Å². The quantitative estimate of drug-likeness (QED) is 0.323. The van der Waals surface area contributed by atoms with Crippen LogP contribution in [-0.4, -0.2) is 36.5 Å². The molecule has 1 amide bonds. The van der Waals surface area contributed by atoms with Gasteiger partial charge < -0.3 is 14.6 Å². The van der Waals surface area contributed by atoms with E-state index in [0.717, 1.165) is 26.2 Å². The first-order chi connectivity index (χ1) is 14.5. The molecule has 9 nitrogen and oxygen atoms in total. The van der Waals surface area contributed by atoms with Crippen LogP contribution in [0.15, 0.2) is 42.7 Å². The normalized spacial score (nSPS) is 10.9. The molecule has 1 N–H and O–H groups in total. The highest BCUT2D eigenvalue weighted by atomic mass is 127. The van der Waals surface area contributed by atoms with Crippen LogP contribution in [0.25, 0.3) is 17.0 Å². The fourth-order valence-corrected chi connectivity index (χ4v) is 3.45. The molecule has 0 aliphatic heterocycles. The zero-order chi connectivity index (χ0) is 21.3. The second-order valence-corrected chi connectivity index (χ2v) is 7.66. The summed E-state index contributed by atoms with van der Waals surface area (Å²) >= 11 is 2.09. The van der Waals surface area contributed by atoms with E-state index in [-0.39, 0.29) is 18.1 Å². The highest BCUT2D eigenvalue weighted by Crippen LogP contribution is 2.22. The van der Waals surface area contributed by atoms with Gasteiger partial charge >= 0.3 is 6.09 Å². The molecule has 4 aromatic rings. The Hall–Kier alpha value is -3.28. The minimum Gasteiger partial charge on any atom is -0.391 e. The lowest BCUT2D eigenvalue weighted by atomic mass is 10.1. The molecule has 0 fully saturated rings. The van der Waals surface area contributed by atoms with Crippen LogP contribution in [0.2, 0.25) is 0 Å². The molecule has 30 heavy (non-hydrogen) atoms. The number of aromatic nitrogens is 5. The lowest BCUT2D eigenvalue weighted by molar-refractivity contribution is 0.111. The van der Waals surface area contributed by atoms with E-state index >= 15 is 0 Å². The van der Waals surface area contributed by atoms with Crippen LogP contribution in [0, 0.1) is 10.5 Å². The number of carbonyl (C=O) groups is 2. The van der Waals surface area contributed by atoms with E-state index in [1.807, 2.05) is 49.0 Å². The summed E-state index contributed by atoms with van der Waals surface area (Å²) in [4.78, 5) is 32.2. The number of ether oxygens (including phenoxy) is 1. The van der Waals surface area contributed by atoms with E-state index in [2.05, 4.69) is 43.0 Å². The molecular formula is C20H17IN6O3. The van der Waals surface area contributed by atoms with Crippen LogP contribution in [0.1, 0.15) is 21.7 Å². The molecule has 0 bridgehead atoms. The van der Waals surface area contributed by atoms with Gasteiger partial charge in [-0.3, -0.25) is 4.79 Å². The third-order valence-corrected chi connectivity index (χ3v) is 5.70. The molecule has 0 radical (unpaired) electrons. The number of aldehydes is 1. The number of rotatable bonds is 5. The molecule has 0 aliphatic rings. The molecule has 0 unspecified atom stereocenters. The molecule has 0 saturated carbocycles. The molecular weight excluding hydrogens is 499 g/mol. The van der Waals surface area contributed by atoms with Gasteiger partial charge in [-0.2, -0.15) is 9.61 Å². The number of nitrogens with one attached hydrogen (secondary N) is 1. The van der Waals surface area contributed by atoms with Gasteiger partial charge in [0.15, 0.2) is 11.9 Å². The largest absolute Gasteiger partial charge is 0.414 e. The maximum atomic E-state index is 12.4. The zero-order valence-electron chi connectivity index (χ0n) is 16.2. The average molecular weight is 516 g/mol. The number of hydrogen-bond donors (Lipinski definition) is 1. The van der Waals surface area contributed by atoms with Gasteiger partial charge in [0.05, 0.1) is 9.26 Å². The monoisotopic (exact) mass is 516 g/mol. The maximum absolute atomic E-state index is 12.4. The average Bonchev–Trinajstić information content (AvgIpc) is 3.30. The number of fused-ring (bicyclic) bond motifs is 1. The zero-order valence-corrected chi connectivity index (χ0v) is 18.3. The van der Waals surface area contributed by atoms with Gasteiger partial charge in [-0.25, -0.2) is 14.8 Å². The summed E-state index contributed by atoms with van der Waals surface area (Å²) in [7, 11) is 1.92. The minimum absolute atomic E-state index is 0.118. The van der Waals surface area contributed by atoms with Gasteiger partial charge in [0, 0.05) is 37.6 Å². The van der Waals surface area contributed by atoms with E-state index in [1.54, 1.807) is 6.20 Å². The SMILES string of the molecule is Cc1nn2c(OC(=O)NCc3cccc(-c4nccn4C)c3)cc(C=O)nc2c1I. The lowest BCUT2D eigenvalue weighted by Gasteiger charge is -2.09. The van der Waals surface area contributed by atoms with Crippen molar-refractivity contribution < 1.29 is 14.3 Å². The lowest BCUT2D eigenvalue weighted by Crippen LogP contribution is -2.27. The molecule has 3 heterocycles. The Labute approximate surface area is 185 Å². The Balaban J connectivity index is 1.50. The van der Waals surface area contributed by atoms with E-state index < -0.39 is 6.09 Å². The molecule has 3 aromatic heterocycles. The number of aryl methyl sites for hydroxylation is 2. The van der Waals surface area contributed by atoms with Crippen molar-refractivity contribution in [2.45, 2.75) is 13.5 Å². The van der Waals surface area contributed by atoms with Gasteiger partial charge in [-0.05, 0) is 41.1 Å². The molecule has 152 valence electrons. The first-order valence-corrected chi connectivity index (χ1v) is 10.1. The number of benzene rings is 1. The van der Waals surface area contributed by atoms with Crippen molar-refractivity contribution in [1.82, 2.24) is 29.5 Å². The number of nitrogens with zero attached hydrogens (tertiary/aromatic N) is 5. The summed E-state index contributed by atoms with van der Waals surface area (Å²) < 4.78 is 9.53. The molecule has 10 heteroatoms. The number of amides is 1. The summed E-state index contributed by atoms with van der Waals surface area (Å²) in [6.45, 7) is 2.08. The smallest absolute Gasteiger partial charge is 0.391 e. The molecule has 4 rings (SSSR count). The Kier molecular flexibility index (Phi) is 5.48. The van der Waals surface area contributed by atoms with Gasteiger partial charge in [-0.15, -0.1) is 0 Å². The summed E-state index contributed by atoms with van der Waals surface area (Å²) in [6, 6.07) is 9.10. The predicted molar refractivity (Wildman–Crippen MR) is 117 cm³/mol. The molecule has 0 saturated heterocycles. The second-order valence-electron chi connectivity index (χ2n) is 6.58.